The topological polar surface area (TPSA) is 93.2 Å². The highest BCUT2D eigenvalue weighted by Crippen LogP contribution is 2.15. The predicted molar refractivity (Wildman–Crippen MR) is 71.4 cm³/mol. The molecule has 4 N–H and O–H groups in total. The summed E-state index contributed by atoms with van der Waals surface area (Å²) >= 11 is 0. The van der Waals surface area contributed by atoms with E-state index in [9.17, 15) is 4.79 Å². The van der Waals surface area contributed by atoms with Gasteiger partial charge in [0.25, 0.3) is 0 Å². The van der Waals surface area contributed by atoms with Crippen LogP contribution in [0.1, 0.15) is 24.2 Å². The van der Waals surface area contributed by atoms with E-state index in [2.05, 4.69) is 20.3 Å². The van der Waals surface area contributed by atoms with Crippen molar-refractivity contribution in [1.29, 1.82) is 0 Å². The Morgan fingerprint density at radius 1 is 1.47 bits per heavy atom. The van der Waals surface area contributed by atoms with Crippen LogP contribution in [0.2, 0.25) is 0 Å². The zero-order valence-corrected chi connectivity index (χ0v) is 10.6. The maximum absolute atomic E-state index is 11.7. The second-order valence-corrected chi connectivity index (χ2v) is 4.21. The van der Waals surface area contributed by atoms with Crippen molar-refractivity contribution in [2.24, 2.45) is 5.73 Å². The molecule has 0 spiro atoms. The molecule has 1 atom stereocenters. The third-order valence-electron chi connectivity index (χ3n) is 2.59. The Hall–Kier alpha value is -2.34. The number of hydrogen-bond donors (Lipinski definition) is 3. The average molecular weight is 260 g/mol. The lowest BCUT2D eigenvalue weighted by Gasteiger charge is -2.10. The number of benzene rings is 1. The van der Waals surface area contributed by atoms with E-state index in [1.165, 1.54) is 6.26 Å². The van der Waals surface area contributed by atoms with E-state index in [4.69, 9.17) is 5.73 Å². The van der Waals surface area contributed by atoms with Gasteiger partial charge in [0.2, 0.25) is 0 Å². The number of hydrogen-bond acceptors (Lipinski definition) is 4. The Kier molecular flexibility index (Phi) is 4.15. The molecule has 2 rings (SSSR count). The van der Waals surface area contributed by atoms with Gasteiger partial charge in [0.05, 0.1) is 6.54 Å². The molecule has 0 bridgehead atoms. The molecule has 2 aromatic rings. The molecule has 0 radical (unpaired) electrons. The number of nitrogens with one attached hydrogen (secondary N) is 2. The van der Waals surface area contributed by atoms with Gasteiger partial charge in [-0.3, -0.25) is 0 Å². The number of amides is 2. The molecular formula is C13H16N4O2. The lowest BCUT2D eigenvalue weighted by atomic mass is 10.1. The van der Waals surface area contributed by atoms with Crippen LogP contribution in [0.15, 0.2) is 41.1 Å². The first kappa shape index (κ1) is 13.1. The first-order chi connectivity index (χ1) is 9.15. The van der Waals surface area contributed by atoms with Crippen LogP contribution in [0.4, 0.5) is 10.5 Å². The maximum atomic E-state index is 11.7. The van der Waals surface area contributed by atoms with Gasteiger partial charge in [0.15, 0.2) is 0 Å². The fraction of sp³-hybridized carbons (Fsp3) is 0.231. The Balaban J connectivity index is 1.89. The van der Waals surface area contributed by atoms with Gasteiger partial charge in [0.1, 0.15) is 12.0 Å². The smallest absolute Gasteiger partial charge is 0.319 e. The van der Waals surface area contributed by atoms with Gasteiger partial charge in [-0.05, 0) is 24.6 Å². The lowest BCUT2D eigenvalue weighted by molar-refractivity contribution is 0.251. The Bertz CT molecular complexity index is 537. The van der Waals surface area contributed by atoms with Crippen molar-refractivity contribution in [3.63, 3.8) is 0 Å². The molecule has 0 aliphatic carbocycles. The number of urea groups is 1. The molecule has 6 heteroatoms. The van der Waals surface area contributed by atoms with Crippen LogP contribution >= 0.6 is 0 Å². The van der Waals surface area contributed by atoms with Gasteiger partial charge in [-0.1, -0.05) is 17.3 Å². The van der Waals surface area contributed by atoms with E-state index in [-0.39, 0.29) is 12.1 Å². The van der Waals surface area contributed by atoms with Crippen molar-refractivity contribution < 1.29 is 9.32 Å². The van der Waals surface area contributed by atoms with Crippen LogP contribution in [-0.4, -0.2) is 11.2 Å². The third kappa shape index (κ3) is 3.82. The molecule has 6 nitrogen and oxygen atoms in total. The number of carbonyl (C=O) groups is 1. The Labute approximate surface area is 111 Å². The van der Waals surface area contributed by atoms with Crippen LogP contribution in [0.3, 0.4) is 0 Å². The summed E-state index contributed by atoms with van der Waals surface area (Å²) in [6.45, 7) is 2.21. The van der Waals surface area contributed by atoms with Gasteiger partial charge < -0.3 is 20.9 Å². The summed E-state index contributed by atoms with van der Waals surface area (Å²) in [4.78, 5) is 11.7. The fourth-order valence-corrected chi connectivity index (χ4v) is 1.57. The van der Waals surface area contributed by atoms with Crippen LogP contribution < -0.4 is 16.4 Å². The summed E-state index contributed by atoms with van der Waals surface area (Å²) in [6.07, 6.45) is 1.46. The number of aromatic nitrogens is 1. The van der Waals surface area contributed by atoms with E-state index in [1.54, 1.807) is 6.07 Å². The molecule has 0 fully saturated rings. The zero-order chi connectivity index (χ0) is 13.7. The van der Waals surface area contributed by atoms with Gasteiger partial charge in [0, 0.05) is 17.8 Å². The van der Waals surface area contributed by atoms with E-state index in [0.29, 0.717) is 17.9 Å². The number of rotatable bonds is 4. The number of anilines is 1. The van der Waals surface area contributed by atoms with Crippen molar-refractivity contribution in [2.75, 3.05) is 5.32 Å². The molecule has 1 unspecified atom stereocenters. The third-order valence-corrected chi connectivity index (χ3v) is 2.59. The average Bonchev–Trinajstić information content (AvgIpc) is 2.90. The van der Waals surface area contributed by atoms with Crippen LogP contribution in [0.5, 0.6) is 0 Å². The Morgan fingerprint density at radius 2 is 2.32 bits per heavy atom. The van der Waals surface area contributed by atoms with Crippen molar-refractivity contribution in [2.45, 2.75) is 19.5 Å². The van der Waals surface area contributed by atoms with Gasteiger partial charge in [-0.15, -0.1) is 0 Å². The lowest BCUT2D eigenvalue weighted by Crippen LogP contribution is -2.28. The zero-order valence-electron chi connectivity index (χ0n) is 10.6. The van der Waals surface area contributed by atoms with Crippen molar-refractivity contribution in [3.05, 3.63) is 47.9 Å². The largest absolute Gasteiger partial charge is 0.364 e. The van der Waals surface area contributed by atoms with E-state index >= 15 is 0 Å². The summed E-state index contributed by atoms with van der Waals surface area (Å²) < 4.78 is 4.67. The maximum Gasteiger partial charge on any atom is 0.319 e. The summed E-state index contributed by atoms with van der Waals surface area (Å²) in [5.74, 6) is 0. The molecule has 2 amide bonds. The molecule has 0 saturated carbocycles. The molecule has 0 aliphatic rings. The van der Waals surface area contributed by atoms with E-state index in [0.717, 1.165) is 5.56 Å². The van der Waals surface area contributed by atoms with Crippen molar-refractivity contribution in [3.8, 4) is 0 Å². The SMILES string of the molecule is CC(N)c1cccc(NC(=O)NCc2ccon2)c1. The van der Waals surface area contributed by atoms with Crippen LogP contribution in [0, 0.1) is 0 Å². The van der Waals surface area contributed by atoms with Gasteiger partial charge in [-0.2, -0.15) is 0 Å². The quantitative estimate of drug-likeness (QED) is 0.784. The van der Waals surface area contributed by atoms with Gasteiger partial charge in [-0.25, -0.2) is 4.79 Å². The minimum atomic E-state index is -0.301. The minimum absolute atomic E-state index is 0.0695. The summed E-state index contributed by atoms with van der Waals surface area (Å²) in [6, 6.07) is 8.75. The highest BCUT2D eigenvalue weighted by atomic mass is 16.5. The van der Waals surface area contributed by atoms with Gasteiger partial charge >= 0.3 is 6.03 Å². The van der Waals surface area contributed by atoms with E-state index < -0.39 is 0 Å². The first-order valence-corrected chi connectivity index (χ1v) is 5.95. The summed E-state index contributed by atoms with van der Waals surface area (Å²) in [5, 5.41) is 9.11. The van der Waals surface area contributed by atoms with Crippen LogP contribution in [0.25, 0.3) is 0 Å². The second-order valence-electron chi connectivity index (χ2n) is 4.21. The standard InChI is InChI=1S/C13H16N4O2/c1-9(14)10-3-2-4-11(7-10)16-13(18)15-8-12-5-6-19-17-12/h2-7,9H,8,14H2,1H3,(H2,15,16,18). The number of nitrogens with two attached hydrogens (primary N) is 1. The first-order valence-electron chi connectivity index (χ1n) is 5.95. The summed E-state index contributed by atoms with van der Waals surface area (Å²) in [7, 11) is 0. The molecule has 19 heavy (non-hydrogen) atoms. The van der Waals surface area contributed by atoms with Crippen molar-refractivity contribution in [1.82, 2.24) is 10.5 Å². The number of carbonyl (C=O) groups excluding carboxylic acids is 1. The fourth-order valence-electron chi connectivity index (χ4n) is 1.57. The molecular weight excluding hydrogens is 244 g/mol. The Morgan fingerprint density at radius 3 is 3.00 bits per heavy atom. The molecule has 1 heterocycles. The minimum Gasteiger partial charge on any atom is -0.364 e. The molecule has 0 saturated heterocycles. The second kappa shape index (κ2) is 6.01. The normalized spacial score (nSPS) is 11.9. The monoisotopic (exact) mass is 260 g/mol. The van der Waals surface area contributed by atoms with Crippen LogP contribution in [-0.2, 0) is 6.54 Å². The molecule has 1 aromatic heterocycles. The summed E-state index contributed by atoms with van der Waals surface area (Å²) in [5.41, 5.74) is 8.12. The number of nitrogens with zero attached hydrogens (tertiary/aromatic N) is 1. The van der Waals surface area contributed by atoms with Crippen molar-refractivity contribution >= 4 is 11.7 Å². The molecule has 100 valence electrons. The highest BCUT2D eigenvalue weighted by molar-refractivity contribution is 5.89. The molecule has 1 aromatic carbocycles. The van der Waals surface area contributed by atoms with E-state index in [1.807, 2.05) is 31.2 Å². The highest BCUT2D eigenvalue weighted by Gasteiger charge is 2.05. The molecule has 0 aliphatic heterocycles. The predicted octanol–water partition coefficient (Wildman–Crippen LogP) is 2.02.